The second-order valence-corrected chi connectivity index (χ2v) is 4.96. The van der Waals surface area contributed by atoms with Gasteiger partial charge in [-0.15, -0.1) is 12.4 Å². The molecule has 0 spiro atoms. The Balaban J connectivity index is 0.00000400. The number of carbonyl (C=O) groups excluding carboxylic acids is 1. The van der Waals surface area contributed by atoms with Crippen molar-refractivity contribution in [3.63, 3.8) is 0 Å². The van der Waals surface area contributed by atoms with E-state index in [1.54, 1.807) is 0 Å². The molecule has 0 aliphatic carbocycles. The molecule has 0 fully saturated rings. The summed E-state index contributed by atoms with van der Waals surface area (Å²) in [7, 11) is 1.35. The van der Waals surface area contributed by atoms with E-state index in [0.717, 1.165) is 34.1 Å². The summed E-state index contributed by atoms with van der Waals surface area (Å²) in [6, 6.07) is 3.53. The largest absolute Gasteiger partial charge is 0.396 e. The summed E-state index contributed by atoms with van der Waals surface area (Å²) in [5, 5.41) is 8.62. The maximum Gasteiger partial charge on any atom is 0.326 e. The van der Waals surface area contributed by atoms with Gasteiger partial charge in [0.15, 0.2) is 0 Å². The van der Waals surface area contributed by atoms with Gasteiger partial charge in [0.2, 0.25) is 5.96 Å². The standard InChI is InChI=1S/C13H19BrN4O2.ClH/c1-4-8-6-10(14)7-9(5-2)11(8)16-13(19)17-12(15)18-20-3;/h6-7H,4-5H2,1-3H3,(H4,15,16,17,18,19);1H. The summed E-state index contributed by atoms with van der Waals surface area (Å²) in [5.41, 5.74) is 8.36. The van der Waals surface area contributed by atoms with Crippen LogP contribution in [0.5, 0.6) is 0 Å². The van der Waals surface area contributed by atoms with Gasteiger partial charge in [-0.1, -0.05) is 29.8 Å². The molecule has 4 N–H and O–H groups in total. The smallest absolute Gasteiger partial charge is 0.326 e. The van der Waals surface area contributed by atoms with Gasteiger partial charge in [-0.05, 0) is 41.3 Å². The molecule has 0 bridgehead atoms. The van der Waals surface area contributed by atoms with Crippen LogP contribution in [-0.4, -0.2) is 19.1 Å². The minimum absolute atomic E-state index is 0. The highest BCUT2D eigenvalue weighted by molar-refractivity contribution is 9.10. The number of urea groups is 1. The number of aryl methyl sites for hydroxylation is 2. The van der Waals surface area contributed by atoms with Gasteiger partial charge >= 0.3 is 6.03 Å². The van der Waals surface area contributed by atoms with Crippen molar-refractivity contribution in [3.05, 3.63) is 27.7 Å². The molecule has 0 saturated heterocycles. The number of hydrogen-bond acceptors (Lipinski definition) is 3. The van der Waals surface area contributed by atoms with Gasteiger partial charge in [0.05, 0.1) is 0 Å². The third kappa shape index (κ3) is 5.81. The SMILES string of the molecule is CCc1cc(Br)cc(CC)c1NC(=O)NC(N)=NOC.Cl. The van der Waals surface area contributed by atoms with Crippen LogP contribution in [0.3, 0.4) is 0 Å². The number of oxime groups is 1. The number of nitrogens with two attached hydrogens (primary N) is 1. The van der Waals surface area contributed by atoms with E-state index < -0.39 is 6.03 Å². The predicted molar refractivity (Wildman–Crippen MR) is 90.9 cm³/mol. The van der Waals surface area contributed by atoms with E-state index in [-0.39, 0.29) is 18.4 Å². The first-order valence-electron chi connectivity index (χ1n) is 6.27. The number of nitrogens with one attached hydrogen (secondary N) is 2. The molecule has 1 rings (SSSR count). The van der Waals surface area contributed by atoms with Crippen LogP contribution in [0.1, 0.15) is 25.0 Å². The highest BCUT2D eigenvalue weighted by Gasteiger charge is 2.12. The van der Waals surface area contributed by atoms with Crippen molar-refractivity contribution in [1.82, 2.24) is 5.32 Å². The lowest BCUT2D eigenvalue weighted by Gasteiger charge is -2.15. The summed E-state index contributed by atoms with van der Waals surface area (Å²) < 4.78 is 0.998. The monoisotopic (exact) mass is 378 g/mol. The molecule has 0 heterocycles. The van der Waals surface area contributed by atoms with Crippen LogP contribution in [-0.2, 0) is 17.7 Å². The number of guanidine groups is 1. The van der Waals surface area contributed by atoms with E-state index in [2.05, 4.69) is 36.6 Å². The Morgan fingerprint density at radius 1 is 1.33 bits per heavy atom. The molecular weight excluding hydrogens is 360 g/mol. The quantitative estimate of drug-likeness (QED) is 0.427. The Hall–Kier alpha value is -1.47. The van der Waals surface area contributed by atoms with Crippen LogP contribution in [0, 0.1) is 0 Å². The van der Waals surface area contributed by atoms with Crippen LogP contribution in [0.2, 0.25) is 0 Å². The van der Waals surface area contributed by atoms with E-state index in [9.17, 15) is 4.79 Å². The molecule has 0 aliphatic rings. The molecule has 0 saturated carbocycles. The lowest BCUT2D eigenvalue weighted by molar-refractivity contribution is 0.211. The van der Waals surface area contributed by atoms with Gasteiger partial charge in [-0.3, -0.25) is 5.32 Å². The fourth-order valence-electron chi connectivity index (χ4n) is 1.83. The highest BCUT2D eigenvalue weighted by atomic mass is 79.9. The van der Waals surface area contributed by atoms with Crippen molar-refractivity contribution < 1.29 is 9.63 Å². The van der Waals surface area contributed by atoms with Crippen molar-refractivity contribution in [2.45, 2.75) is 26.7 Å². The molecule has 0 radical (unpaired) electrons. The number of rotatable bonds is 4. The van der Waals surface area contributed by atoms with Crippen LogP contribution in [0.15, 0.2) is 21.8 Å². The number of anilines is 1. The second kappa shape index (κ2) is 9.46. The molecule has 1 aromatic rings. The molecular formula is C13H20BrClN4O2. The Labute approximate surface area is 139 Å². The fraction of sp³-hybridized carbons (Fsp3) is 0.385. The molecule has 0 atom stereocenters. The fourth-order valence-corrected chi connectivity index (χ4v) is 2.38. The summed E-state index contributed by atoms with van der Waals surface area (Å²) in [4.78, 5) is 16.3. The first-order chi connectivity index (χ1) is 9.51. The number of nitrogens with zero attached hydrogens (tertiary/aromatic N) is 1. The number of halogens is 2. The van der Waals surface area contributed by atoms with E-state index in [1.165, 1.54) is 7.11 Å². The van der Waals surface area contributed by atoms with Crippen LogP contribution in [0.4, 0.5) is 10.5 Å². The minimum Gasteiger partial charge on any atom is -0.396 e. The Bertz CT molecular complexity index is 498. The molecule has 1 aromatic carbocycles. The van der Waals surface area contributed by atoms with Crippen LogP contribution in [0.25, 0.3) is 0 Å². The first kappa shape index (κ1) is 19.5. The summed E-state index contributed by atoms with van der Waals surface area (Å²) in [6.45, 7) is 4.07. The average molecular weight is 380 g/mol. The summed E-state index contributed by atoms with van der Waals surface area (Å²) >= 11 is 3.47. The zero-order valence-corrected chi connectivity index (χ0v) is 14.6. The summed E-state index contributed by atoms with van der Waals surface area (Å²) in [6.07, 6.45) is 1.62. The van der Waals surface area contributed by atoms with E-state index in [0.29, 0.717) is 0 Å². The van der Waals surface area contributed by atoms with Crippen molar-refractivity contribution in [2.75, 3.05) is 12.4 Å². The zero-order chi connectivity index (χ0) is 15.1. The Morgan fingerprint density at radius 2 is 1.86 bits per heavy atom. The molecule has 2 amide bonds. The van der Waals surface area contributed by atoms with E-state index in [1.807, 2.05) is 26.0 Å². The summed E-state index contributed by atoms with van der Waals surface area (Å²) in [5.74, 6) is -0.0989. The number of benzene rings is 1. The van der Waals surface area contributed by atoms with Gasteiger partial charge in [0, 0.05) is 10.2 Å². The van der Waals surface area contributed by atoms with Crippen molar-refractivity contribution in [1.29, 1.82) is 0 Å². The maximum absolute atomic E-state index is 11.9. The van der Waals surface area contributed by atoms with Crippen LogP contribution >= 0.6 is 28.3 Å². The first-order valence-corrected chi connectivity index (χ1v) is 7.07. The maximum atomic E-state index is 11.9. The third-order valence-electron chi connectivity index (χ3n) is 2.70. The van der Waals surface area contributed by atoms with Gasteiger partial charge < -0.3 is 15.9 Å². The molecule has 0 aliphatic heterocycles. The Kier molecular flexibility index (Phi) is 8.80. The normalized spacial score (nSPS) is 10.6. The lowest BCUT2D eigenvalue weighted by Crippen LogP contribution is -2.40. The van der Waals surface area contributed by atoms with Crippen LogP contribution < -0.4 is 16.4 Å². The minimum atomic E-state index is -0.449. The van der Waals surface area contributed by atoms with Crippen molar-refractivity contribution in [2.24, 2.45) is 10.9 Å². The van der Waals surface area contributed by atoms with Crippen molar-refractivity contribution >= 4 is 46.0 Å². The van der Waals surface area contributed by atoms with Crippen molar-refractivity contribution in [3.8, 4) is 0 Å². The molecule has 21 heavy (non-hydrogen) atoms. The average Bonchev–Trinajstić information content (AvgIpc) is 2.40. The molecule has 118 valence electrons. The van der Waals surface area contributed by atoms with Gasteiger partial charge in [-0.2, -0.15) is 0 Å². The topological polar surface area (TPSA) is 88.7 Å². The molecule has 8 heteroatoms. The molecule has 6 nitrogen and oxygen atoms in total. The van der Waals surface area contributed by atoms with Gasteiger partial charge in [0.25, 0.3) is 0 Å². The number of carbonyl (C=O) groups is 1. The highest BCUT2D eigenvalue weighted by Crippen LogP contribution is 2.27. The van der Waals surface area contributed by atoms with Gasteiger partial charge in [-0.25, -0.2) is 4.79 Å². The third-order valence-corrected chi connectivity index (χ3v) is 3.16. The second-order valence-electron chi connectivity index (χ2n) is 4.04. The Morgan fingerprint density at radius 3 is 2.29 bits per heavy atom. The van der Waals surface area contributed by atoms with E-state index in [4.69, 9.17) is 5.73 Å². The van der Waals surface area contributed by atoms with Gasteiger partial charge in [0.1, 0.15) is 7.11 Å². The molecule has 0 unspecified atom stereocenters. The zero-order valence-electron chi connectivity index (χ0n) is 12.2. The lowest BCUT2D eigenvalue weighted by atomic mass is 10.0. The molecule has 0 aromatic heterocycles. The van der Waals surface area contributed by atoms with E-state index >= 15 is 0 Å². The number of hydrogen-bond donors (Lipinski definition) is 3. The predicted octanol–water partition coefficient (Wildman–Crippen LogP) is 2.99. The number of amides is 2.